The van der Waals surface area contributed by atoms with Gasteiger partial charge in [-0.3, -0.25) is 0 Å². The summed E-state index contributed by atoms with van der Waals surface area (Å²) in [6, 6.07) is 0. The van der Waals surface area contributed by atoms with Gasteiger partial charge in [-0.2, -0.15) is 0 Å². The van der Waals surface area contributed by atoms with Crippen molar-refractivity contribution in [2.24, 2.45) is 0 Å². The van der Waals surface area contributed by atoms with Crippen molar-refractivity contribution in [3.8, 4) is 0 Å². The molecule has 0 aromatic heterocycles. The van der Waals surface area contributed by atoms with Gasteiger partial charge in [0.25, 0.3) is 0 Å². The quantitative estimate of drug-likeness (QED) is 0.194. The van der Waals surface area contributed by atoms with Crippen molar-refractivity contribution in [3.05, 3.63) is 0 Å². The molecule has 0 saturated heterocycles. The molecule has 0 rings (SSSR count). The van der Waals surface area contributed by atoms with Gasteiger partial charge in [-0.25, -0.2) is 0 Å². The van der Waals surface area contributed by atoms with Crippen LogP contribution in [0.1, 0.15) is 0 Å². The third-order valence-corrected chi connectivity index (χ3v) is 0.783. The average molecular weight is 371 g/mol. The van der Waals surface area contributed by atoms with Gasteiger partial charge >= 0.3 is 78.6 Å². The average Bonchev–Trinajstić information content (AvgIpc) is 2.35. The van der Waals surface area contributed by atoms with E-state index in [-0.39, 0.29) is 78.6 Å². The Labute approximate surface area is 163 Å². The van der Waals surface area contributed by atoms with Crippen LogP contribution in [0.5, 0.6) is 0 Å². The first-order valence-electron chi connectivity index (χ1n) is 3.13. The summed E-state index contributed by atoms with van der Waals surface area (Å²) < 4.78 is 0. The molecule has 0 aliphatic carbocycles. The second-order valence-electron chi connectivity index (χ2n) is 1.72. The molecule has 0 bridgehead atoms. The number of carbonyl (C=O) groups is 4. The maximum atomic E-state index is 9.71. The van der Waals surface area contributed by atoms with Gasteiger partial charge in [-0.1, -0.05) is 48.3 Å². The van der Waals surface area contributed by atoms with E-state index < -0.39 is 23.1 Å². The van der Waals surface area contributed by atoms with Crippen LogP contribution in [-0.4, -0.2) is 48.3 Å². The van der Waals surface area contributed by atoms with Gasteiger partial charge in [0.2, 0.25) is 0 Å². The van der Waals surface area contributed by atoms with Crippen molar-refractivity contribution in [3.63, 3.8) is 0 Å². The molecule has 90 valence electrons. The molecular formula is C8Na2O8Ru. The third kappa shape index (κ3) is 18.0. The third-order valence-electron chi connectivity index (χ3n) is 0.783. The van der Waals surface area contributed by atoms with Gasteiger partial charge in [-0.15, -0.1) is 0 Å². The molecule has 0 atom stereocenters. The van der Waals surface area contributed by atoms with Crippen molar-refractivity contribution in [2.75, 3.05) is 0 Å². The van der Waals surface area contributed by atoms with Crippen LogP contribution in [0.3, 0.4) is 0 Å². The van der Waals surface area contributed by atoms with E-state index in [4.69, 9.17) is 0 Å². The number of rotatable bonds is 6. The molecule has 0 saturated carbocycles. The van der Waals surface area contributed by atoms with Gasteiger partial charge in [0.15, 0.2) is 0 Å². The molecule has 0 radical (unpaired) electrons. The zero-order valence-electron chi connectivity index (χ0n) is 9.62. The molecule has 0 unspecified atom stereocenters. The van der Waals surface area contributed by atoms with Gasteiger partial charge < -0.3 is 38.4 Å². The molecule has 0 N–H and O–H groups in total. The minimum atomic E-state index is -1.49. The predicted molar refractivity (Wildman–Crippen MR) is 42.8 cm³/mol. The molecule has 11 heteroatoms. The predicted octanol–water partition coefficient (Wildman–Crippen LogP) is -9.31. The number of Topliss-reactive ketones (excluding diaryl/α,β-unsaturated/α-hetero) is 4. The largest absolute Gasteiger partial charge is 2.00 e. The Morgan fingerprint density at radius 2 is 0.579 bits per heavy atom. The van der Waals surface area contributed by atoms with E-state index in [1.807, 2.05) is 0 Å². The summed E-state index contributed by atoms with van der Waals surface area (Å²) in [6.45, 7) is 0. The monoisotopic (exact) mass is 372 g/mol. The van der Waals surface area contributed by atoms with E-state index in [0.717, 1.165) is 0 Å². The molecule has 0 fully saturated rings. The molecule has 8 nitrogen and oxygen atoms in total. The Bertz CT molecular complexity index is 307. The minimum absolute atomic E-state index is 0. The Morgan fingerprint density at radius 1 is 0.474 bits per heavy atom. The van der Waals surface area contributed by atoms with Gasteiger partial charge in [-0.05, 0) is 0 Å². The Hall–Kier alpha value is -0.0166. The summed E-state index contributed by atoms with van der Waals surface area (Å²) in [6.07, 6.45) is 2.86. The fraction of sp³-hybridized carbons (Fsp3) is 0. The Morgan fingerprint density at radius 3 is 0.632 bits per heavy atom. The molecule has 19 heavy (non-hydrogen) atoms. The summed E-state index contributed by atoms with van der Waals surface area (Å²) in [5.74, 6) is -5.94. The van der Waals surface area contributed by atoms with E-state index in [9.17, 15) is 38.4 Å². The number of ketones is 4. The van der Waals surface area contributed by atoms with Crippen LogP contribution >= 0.6 is 0 Å². The second-order valence-corrected chi connectivity index (χ2v) is 1.72. The topological polar surface area (TPSA) is 137 Å². The summed E-state index contributed by atoms with van der Waals surface area (Å²) in [5, 5.41) is 0. The number of hydrogen-bond donors (Lipinski definition) is 0. The molecule has 0 heterocycles. The van der Waals surface area contributed by atoms with Crippen LogP contribution < -0.4 is 59.1 Å². The van der Waals surface area contributed by atoms with Crippen LogP contribution in [0.15, 0.2) is 0 Å². The molecule has 0 amide bonds. The van der Waals surface area contributed by atoms with E-state index in [1.165, 1.54) is 0 Å². The Kier molecular flexibility index (Phi) is 33.6. The van der Waals surface area contributed by atoms with Gasteiger partial charge in [0.1, 0.15) is 0 Å². The standard InChI is InChI=1S/2C4O4.2Na.Ru/c2*5-1-3(7)4(8)2-6;;;/q2*-2;2*+1;+2. The first-order chi connectivity index (χ1) is 7.44. The molecule has 0 aliphatic heterocycles. The maximum absolute atomic E-state index is 9.71. The summed E-state index contributed by atoms with van der Waals surface area (Å²) >= 11 is 0. The minimum Gasteiger partial charge on any atom is -0.437 e. The fourth-order valence-corrected chi connectivity index (χ4v) is 0.185. The molecular weight excluding hydrogens is 371 g/mol. The van der Waals surface area contributed by atoms with E-state index in [1.54, 1.807) is 0 Å². The van der Waals surface area contributed by atoms with Gasteiger partial charge in [0, 0.05) is 0 Å². The zero-order chi connectivity index (χ0) is 13.1. The summed E-state index contributed by atoms with van der Waals surface area (Å²) in [7, 11) is 0. The van der Waals surface area contributed by atoms with Crippen LogP contribution in [0.2, 0.25) is 0 Å². The summed E-state index contributed by atoms with van der Waals surface area (Å²) in [5.41, 5.74) is 0. The number of hydrogen-bond acceptors (Lipinski definition) is 8. The molecule has 0 aromatic rings. The first-order valence-corrected chi connectivity index (χ1v) is 3.13. The van der Waals surface area contributed by atoms with Crippen molar-refractivity contribution in [1.82, 2.24) is 0 Å². The van der Waals surface area contributed by atoms with Gasteiger partial charge in [0.05, 0.1) is 0 Å². The van der Waals surface area contributed by atoms with E-state index in [2.05, 4.69) is 0 Å². The smallest absolute Gasteiger partial charge is 0.437 e. The second kappa shape index (κ2) is 20.3. The first kappa shape index (κ1) is 31.4. The van der Waals surface area contributed by atoms with Crippen molar-refractivity contribution < 1.29 is 117 Å². The Balaban J connectivity index is -0.0000000594. The molecule has 0 aliphatic rings. The van der Waals surface area contributed by atoms with Crippen LogP contribution in [-0.2, 0) is 57.8 Å². The van der Waals surface area contributed by atoms with E-state index >= 15 is 0 Å². The number of carbonyl (C=O) groups excluding carboxylic acids is 8. The molecule has 0 spiro atoms. The molecule has 0 aromatic carbocycles. The normalized spacial score (nSPS) is 6.32. The van der Waals surface area contributed by atoms with Crippen LogP contribution in [0.4, 0.5) is 0 Å². The fourth-order valence-electron chi connectivity index (χ4n) is 0.185. The summed E-state index contributed by atoms with van der Waals surface area (Å²) in [4.78, 5) is 75.8. The SMILES string of the molecule is O=[C-]C(=O)C(=O)[C-]=O.O=[C-]C(=O)C(=O)[C-]=O.[Na+].[Na+].[Ru+2]. The maximum Gasteiger partial charge on any atom is 2.00 e. The van der Waals surface area contributed by atoms with E-state index in [0.29, 0.717) is 25.1 Å². The van der Waals surface area contributed by atoms with Crippen molar-refractivity contribution >= 4 is 48.3 Å². The van der Waals surface area contributed by atoms with Crippen molar-refractivity contribution in [2.45, 2.75) is 0 Å². The van der Waals surface area contributed by atoms with Crippen LogP contribution in [0, 0.1) is 0 Å². The van der Waals surface area contributed by atoms with Crippen molar-refractivity contribution in [1.29, 1.82) is 0 Å². The van der Waals surface area contributed by atoms with Crippen LogP contribution in [0.25, 0.3) is 0 Å². The zero-order valence-corrected chi connectivity index (χ0v) is 15.4.